The van der Waals surface area contributed by atoms with Gasteiger partial charge in [0.05, 0.1) is 6.10 Å². The zero-order valence-electron chi connectivity index (χ0n) is 11.2. The quantitative estimate of drug-likeness (QED) is 0.686. The van der Waals surface area contributed by atoms with Gasteiger partial charge in [0.25, 0.3) is 0 Å². The Morgan fingerprint density at radius 1 is 1.59 bits per heavy atom. The molecule has 2 atom stereocenters. The van der Waals surface area contributed by atoms with Crippen molar-refractivity contribution in [3.63, 3.8) is 0 Å². The summed E-state index contributed by atoms with van der Waals surface area (Å²) < 4.78 is 5.60. The summed E-state index contributed by atoms with van der Waals surface area (Å²) in [6.07, 6.45) is 2.42. The zero-order valence-corrected chi connectivity index (χ0v) is 11.2. The van der Waals surface area contributed by atoms with Crippen LogP contribution >= 0.6 is 0 Å². The molecule has 1 aliphatic heterocycles. The molecule has 0 radical (unpaired) electrons. The van der Waals surface area contributed by atoms with Crippen LogP contribution in [0.25, 0.3) is 0 Å². The van der Waals surface area contributed by atoms with Crippen molar-refractivity contribution in [2.24, 2.45) is 5.73 Å². The third kappa shape index (κ3) is 3.94. The van der Waals surface area contributed by atoms with Gasteiger partial charge in [-0.2, -0.15) is 0 Å². The molecule has 17 heavy (non-hydrogen) atoms. The lowest BCUT2D eigenvalue weighted by Crippen LogP contribution is -2.60. The molecule has 0 spiro atoms. The van der Waals surface area contributed by atoms with Gasteiger partial charge < -0.3 is 20.7 Å². The molecular weight excluding hydrogens is 218 g/mol. The largest absolute Gasteiger partial charge is 0.378 e. The van der Waals surface area contributed by atoms with Crippen LogP contribution in [0.2, 0.25) is 0 Å². The van der Waals surface area contributed by atoms with Crippen molar-refractivity contribution in [2.45, 2.75) is 37.8 Å². The van der Waals surface area contributed by atoms with Crippen molar-refractivity contribution in [3.8, 4) is 0 Å². The maximum atomic E-state index is 11.7. The minimum Gasteiger partial charge on any atom is -0.378 e. The van der Waals surface area contributed by atoms with Crippen LogP contribution in [0.1, 0.15) is 26.2 Å². The molecule has 1 heterocycles. The maximum Gasteiger partial charge on any atom is 0.237 e. The maximum absolute atomic E-state index is 11.7. The van der Waals surface area contributed by atoms with Crippen molar-refractivity contribution in [1.29, 1.82) is 0 Å². The first-order valence-electron chi connectivity index (χ1n) is 6.31. The van der Waals surface area contributed by atoms with E-state index in [-0.39, 0.29) is 12.0 Å². The Kier molecular flexibility index (Phi) is 5.36. The summed E-state index contributed by atoms with van der Waals surface area (Å²) in [5.41, 5.74) is 4.99. The van der Waals surface area contributed by atoms with E-state index < -0.39 is 5.54 Å². The second-order valence-corrected chi connectivity index (χ2v) is 5.03. The van der Waals surface area contributed by atoms with Gasteiger partial charge >= 0.3 is 0 Å². The Morgan fingerprint density at radius 2 is 2.29 bits per heavy atom. The highest BCUT2D eigenvalue weighted by Gasteiger charge is 2.41. The number of hydrogen-bond donors (Lipinski definition) is 2. The van der Waals surface area contributed by atoms with Crippen LogP contribution in [0.3, 0.4) is 0 Å². The molecule has 0 aromatic rings. The average Bonchev–Trinajstić information content (AvgIpc) is 2.28. The van der Waals surface area contributed by atoms with Crippen LogP contribution in [0, 0.1) is 0 Å². The molecule has 0 saturated carbocycles. The molecule has 5 nitrogen and oxygen atoms in total. The molecule has 1 rings (SSSR count). The smallest absolute Gasteiger partial charge is 0.237 e. The summed E-state index contributed by atoms with van der Waals surface area (Å²) in [5.74, 6) is -0.252. The lowest BCUT2D eigenvalue weighted by atomic mass is 9.85. The third-order valence-electron chi connectivity index (χ3n) is 3.41. The fourth-order valence-corrected chi connectivity index (χ4v) is 2.20. The molecule has 5 heteroatoms. The zero-order chi connectivity index (χ0) is 12.9. The van der Waals surface area contributed by atoms with Gasteiger partial charge in [0, 0.05) is 26.1 Å². The van der Waals surface area contributed by atoms with E-state index in [1.165, 1.54) is 0 Å². The lowest BCUT2D eigenvalue weighted by molar-refractivity contribution is -0.131. The summed E-state index contributed by atoms with van der Waals surface area (Å²) in [4.78, 5) is 13.8. The van der Waals surface area contributed by atoms with Crippen molar-refractivity contribution in [3.05, 3.63) is 0 Å². The van der Waals surface area contributed by atoms with Gasteiger partial charge in [-0.3, -0.25) is 4.79 Å². The van der Waals surface area contributed by atoms with E-state index in [4.69, 9.17) is 10.5 Å². The van der Waals surface area contributed by atoms with Gasteiger partial charge in [0.1, 0.15) is 5.54 Å². The van der Waals surface area contributed by atoms with E-state index in [2.05, 4.69) is 17.1 Å². The molecule has 100 valence electrons. The van der Waals surface area contributed by atoms with Gasteiger partial charge in [-0.25, -0.2) is 0 Å². The minimum absolute atomic E-state index is 0.142. The summed E-state index contributed by atoms with van der Waals surface area (Å²) in [7, 11) is 4.02. The van der Waals surface area contributed by atoms with Crippen molar-refractivity contribution >= 4 is 5.91 Å². The van der Waals surface area contributed by atoms with Crippen molar-refractivity contribution in [1.82, 2.24) is 10.2 Å². The first-order valence-corrected chi connectivity index (χ1v) is 6.31. The molecule has 0 aromatic heterocycles. The molecular formula is C12H25N3O2. The number of carbonyl (C=O) groups excluding carboxylic acids is 1. The van der Waals surface area contributed by atoms with Crippen molar-refractivity contribution < 1.29 is 9.53 Å². The number of hydrogen-bond acceptors (Lipinski definition) is 4. The molecule has 1 aliphatic rings. The summed E-state index contributed by atoms with van der Waals surface area (Å²) >= 11 is 0. The molecule has 1 fully saturated rings. The molecule has 1 saturated heterocycles. The fraction of sp³-hybridized carbons (Fsp3) is 0.917. The number of amides is 1. The van der Waals surface area contributed by atoms with Crippen LogP contribution < -0.4 is 11.1 Å². The second kappa shape index (κ2) is 6.33. The highest BCUT2D eigenvalue weighted by Crippen LogP contribution is 2.26. The number of rotatable bonds is 6. The highest BCUT2D eigenvalue weighted by molar-refractivity contribution is 5.84. The Balaban J connectivity index is 2.58. The van der Waals surface area contributed by atoms with Gasteiger partial charge in [0.2, 0.25) is 5.91 Å². The SMILES string of the molecule is CCC1CC(NCCN(C)C)(C(N)=O)CCO1. The van der Waals surface area contributed by atoms with Crippen molar-refractivity contribution in [2.75, 3.05) is 33.8 Å². The Morgan fingerprint density at radius 3 is 2.82 bits per heavy atom. The summed E-state index contributed by atoms with van der Waals surface area (Å²) in [6, 6.07) is 0. The Labute approximate surface area is 104 Å². The molecule has 2 unspecified atom stereocenters. The van der Waals surface area contributed by atoms with Crippen LogP contribution in [0.5, 0.6) is 0 Å². The minimum atomic E-state index is -0.574. The van der Waals surface area contributed by atoms with E-state index in [1.54, 1.807) is 0 Å². The van der Waals surface area contributed by atoms with Gasteiger partial charge in [-0.05, 0) is 26.9 Å². The first-order chi connectivity index (χ1) is 8.00. The molecule has 0 aromatic carbocycles. The Hall–Kier alpha value is -0.650. The predicted molar refractivity (Wildman–Crippen MR) is 67.7 cm³/mol. The predicted octanol–water partition coefficient (Wildman–Crippen LogP) is -0.0493. The van der Waals surface area contributed by atoms with Crippen LogP contribution in [0.15, 0.2) is 0 Å². The number of carbonyl (C=O) groups is 1. The monoisotopic (exact) mass is 243 g/mol. The van der Waals surface area contributed by atoms with E-state index in [0.717, 1.165) is 19.5 Å². The number of likely N-dealkylation sites (N-methyl/N-ethyl adjacent to an activating group) is 1. The molecule has 0 bridgehead atoms. The van der Waals surface area contributed by atoms with Gasteiger partial charge in [-0.15, -0.1) is 0 Å². The molecule has 1 amide bonds. The average molecular weight is 243 g/mol. The standard InChI is InChI=1S/C12H25N3O2/c1-4-10-9-12(11(13)16,5-8-17-10)14-6-7-15(2)3/h10,14H,4-9H2,1-3H3,(H2,13,16). The normalized spacial score (nSPS) is 29.5. The van der Waals surface area contributed by atoms with Gasteiger partial charge in [0.15, 0.2) is 0 Å². The Bertz CT molecular complexity index is 258. The van der Waals surface area contributed by atoms with Crippen LogP contribution in [0.4, 0.5) is 0 Å². The number of nitrogens with one attached hydrogen (secondary N) is 1. The first kappa shape index (κ1) is 14.4. The molecule has 3 N–H and O–H groups in total. The molecule has 0 aliphatic carbocycles. The number of nitrogens with two attached hydrogens (primary N) is 1. The fourth-order valence-electron chi connectivity index (χ4n) is 2.20. The number of nitrogens with zero attached hydrogens (tertiary/aromatic N) is 1. The lowest BCUT2D eigenvalue weighted by Gasteiger charge is -2.39. The summed E-state index contributed by atoms with van der Waals surface area (Å²) in [5, 5.41) is 3.33. The van der Waals surface area contributed by atoms with E-state index in [9.17, 15) is 4.79 Å². The van der Waals surface area contributed by atoms with E-state index >= 15 is 0 Å². The van der Waals surface area contributed by atoms with E-state index in [1.807, 2.05) is 14.1 Å². The number of ether oxygens (including phenoxy) is 1. The van der Waals surface area contributed by atoms with E-state index in [0.29, 0.717) is 19.4 Å². The van der Waals surface area contributed by atoms with Crippen LogP contribution in [-0.4, -0.2) is 56.2 Å². The van der Waals surface area contributed by atoms with Gasteiger partial charge in [-0.1, -0.05) is 6.92 Å². The van der Waals surface area contributed by atoms with Crippen LogP contribution in [-0.2, 0) is 9.53 Å². The summed E-state index contributed by atoms with van der Waals surface area (Å²) in [6.45, 7) is 4.34. The number of primary amides is 1. The second-order valence-electron chi connectivity index (χ2n) is 5.03. The third-order valence-corrected chi connectivity index (χ3v) is 3.41. The topological polar surface area (TPSA) is 67.6 Å². The highest BCUT2D eigenvalue weighted by atomic mass is 16.5.